The lowest BCUT2D eigenvalue weighted by atomic mass is 10.0. The standard InChI is InChI=1S/C14H15ClFNO3/c15-7-9-5-13(18)17(8-9)12(14(19)20)6-10-3-1-2-4-11(10)16/h1-4,9,12H,5-8H2,(H,19,20)/t9?,12-/m1/s1. The van der Waals surface area contributed by atoms with E-state index in [1.165, 1.54) is 17.0 Å². The molecule has 1 N–H and O–H groups in total. The molecule has 1 saturated heterocycles. The molecule has 4 nitrogen and oxygen atoms in total. The highest BCUT2D eigenvalue weighted by Crippen LogP contribution is 2.23. The Labute approximate surface area is 121 Å². The van der Waals surface area contributed by atoms with Crippen molar-refractivity contribution in [1.82, 2.24) is 4.90 Å². The van der Waals surface area contributed by atoms with Gasteiger partial charge in [0.2, 0.25) is 5.91 Å². The SMILES string of the molecule is O=C(O)[C@@H](Cc1ccccc1F)N1CC(CCl)CC1=O. The number of benzene rings is 1. The maximum atomic E-state index is 13.6. The van der Waals surface area contributed by atoms with Gasteiger partial charge >= 0.3 is 5.97 Å². The van der Waals surface area contributed by atoms with Crippen LogP contribution >= 0.6 is 11.6 Å². The van der Waals surface area contributed by atoms with Crippen LogP contribution in [0, 0.1) is 11.7 Å². The van der Waals surface area contributed by atoms with E-state index in [1.54, 1.807) is 12.1 Å². The predicted octanol–water partition coefficient (Wildman–Crippen LogP) is 1.91. The summed E-state index contributed by atoms with van der Waals surface area (Å²) in [5, 5.41) is 9.31. The van der Waals surface area contributed by atoms with Crippen molar-refractivity contribution in [3.63, 3.8) is 0 Å². The van der Waals surface area contributed by atoms with Crippen molar-refractivity contribution in [3.8, 4) is 0 Å². The van der Waals surface area contributed by atoms with Gasteiger partial charge in [-0.15, -0.1) is 11.6 Å². The number of carbonyl (C=O) groups excluding carboxylic acids is 1. The number of amides is 1. The Hall–Kier alpha value is -1.62. The number of aliphatic carboxylic acids is 1. The van der Waals surface area contributed by atoms with Crippen LogP contribution in [0.1, 0.15) is 12.0 Å². The minimum absolute atomic E-state index is 0.0355. The summed E-state index contributed by atoms with van der Waals surface area (Å²) in [5.74, 6) is -1.55. The number of hydrogen-bond donors (Lipinski definition) is 1. The van der Waals surface area contributed by atoms with Crippen molar-refractivity contribution in [1.29, 1.82) is 0 Å². The molecule has 1 aromatic carbocycles. The molecule has 6 heteroatoms. The van der Waals surface area contributed by atoms with Crippen molar-refractivity contribution in [3.05, 3.63) is 35.6 Å². The summed E-state index contributed by atoms with van der Waals surface area (Å²) in [6, 6.07) is 4.95. The number of halogens is 2. The van der Waals surface area contributed by atoms with Gasteiger partial charge in [0.25, 0.3) is 0 Å². The van der Waals surface area contributed by atoms with Crippen LogP contribution in [0.2, 0.25) is 0 Å². The van der Waals surface area contributed by atoms with Crippen molar-refractivity contribution in [2.75, 3.05) is 12.4 Å². The van der Waals surface area contributed by atoms with E-state index in [-0.39, 0.29) is 24.7 Å². The second-order valence-electron chi connectivity index (χ2n) is 4.92. The zero-order valence-electron chi connectivity index (χ0n) is 10.8. The molecule has 0 aliphatic carbocycles. The molecule has 1 unspecified atom stereocenters. The number of hydrogen-bond acceptors (Lipinski definition) is 2. The van der Waals surface area contributed by atoms with E-state index >= 15 is 0 Å². The number of rotatable bonds is 5. The van der Waals surface area contributed by atoms with Crippen molar-refractivity contribution in [2.24, 2.45) is 5.92 Å². The van der Waals surface area contributed by atoms with E-state index in [0.29, 0.717) is 18.0 Å². The largest absolute Gasteiger partial charge is 0.480 e. The van der Waals surface area contributed by atoms with Crippen LogP contribution < -0.4 is 0 Å². The summed E-state index contributed by atoms with van der Waals surface area (Å²) in [6.45, 7) is 0.313. The third kappa shape index (κ3) is 3.10. The van der Waals surface area contributed by atoms with Gasteiger partial charge in [-0.25, -0.2) is 9.18 Å². The molecule has 1 aliphatic heterocycles. The lowest BCUT2D eigenvalue weighted by molar-refractivity contribution is -0.148. The van der Waals surface area contributed by atoms with Crippen LogP contribution in [0.5, 0.6) is 0 Å². The molecular weight excluding hydrogens is 285 g/mol. The third-order valence-electron chi connectivity index (χ3n) is 3.49. The van der Waals surface area contributed by atoms with E-state index in [0.717, 1.165) is 0 Å². The summed E-state index contributed by atoms with van der Waals surface area (Å²) < 4.78 is 13.6. The molecule has 0 spiro atoms. The molecule has 0 saturated carbocycles. The molecule has 1 aliphatic rings. The van der Waals surface area contributed by atoms with Gasteiger partial charge in [0, 0.05) is 25.3 Å². The molecule has 1 aromatic rings. The van der Waals surface area contributed by atoms with Crippen molar-refractivity contribution in [2.45, 2.75) is 18.9 Å². The van der Waals surface area contributed by atoms with Crippen LogP contribution in [-0.4, -0.2) is 40.3 Å². The van der Waals surface area contributed by atoms with Gasteiger partial charge in [-0.3, -0.25) is 4.79 Å². The van der Waals surface area contributed by atoms with Crippen LogP contribution in [0.4, 0.5) is 4.39 Å². The summed E-state index contributed by atoms with van der Waals surface area (Å²) in [4.78, 5) is 24.6. The molecule has 1 heterocycles. The van der Waals surface area contributed by atoms with Gasteiger partial charge in [-0.2, -0.15) is 0 Å². The van der Waals surface area contributed by atoms with E-state index in [9.17, 15) is 19.1 Å². The first kappa shape index (κ1) is 14.8. The van der Waals surface area contributed by atoms with Crippen LogP contribution in [0.25, 0.3) is 0 Å². The zero-order chi connectivity index (χ0) is 14.7. The van der Waals surface area contributed by atoms with Gasteiger partial charge in [0.1, 0.15) is 11.9 Å². The predicted molar refractivity (Wildman–Crippen MR) is 72.1 cm³/mol. The van der Waals surface area contributed by atoms with Crippen LogP contribution in [-0.2, 0) is 16.0 Å². The summed E-state index contributed by atoms with van der Waals surface area (Å²) in [7, 11) is 0. The molecule has 2 rings (SSSR count). The summed E-state index contributed by atoms with van der Waals surface area (Å²) in [5.41, 5.74) is 0.294. The van der Waals surface area contributed by atoms with E-state index < -0.39 is 17.8 Å². The van der Waals surface area contributed by atoms with Gasteiger partial charge in [0.15, 0.2) is 0 Å². The number of carbonyl (C=O) groups is 2. The Kier molecular flexibility index (Phi) is 4.60. The molecule has 0 bridgehead atoms. The quantitative estimate of drug-likeness (QED) is 0.845. The first-order valence-corrected chi connectivity index (χ1v) is 6.88. The second-order valence-corrected chi connectivity index (χ2v) is 5.23. The van der Waals surface area contributed by atoms with Crippen molar-refractivity contribution < 1.29 is 19.1 Å². The van der Waals surface area contributed by atoms with E-state index in [2.05, 4.69) is 0 Å². The number of carboxylic acid groups (broad SMARTS) is 1. The molecule has 0 aromatic heterocycles. The molecule has 0 radical (unpaired) electrons. The Balaban J connectivity index is 2.18. The highest BCUT2D eigenvalue weighted by atomic mass is 35.5. The van der Waals surface area contributed by atoms with Gasteiger partial charge in [-0.1, -0.05) is 18.2 Å². The highest BCUT2D eigenvalue weighted by Gasteiger charge is 2.37. The van der Waals surface area contributed by atoms with Gasteiger partial charge < -0.3 is 10.0 Å². The maximum Gasteiger partial charge on any atom is 0.326 e. The molecular formula is C14H15ClFNO3. The average Bonchev–Trinajstić information content (AvgIpc) is 2.78. The van der Waals surface area contributed by atoms with Crippen molar-refractivity contribution >= 4 is 23.5 Å². The highest BCUT2D eigenvalue weighted by molar-refractivity contribution is 6.18. The summed E-state index contributed by atoms with van der Waals surface area (Å²) >= 11 is 5.72. The van der Waals surface area contributed by atoms with Crippen LogP contribution in [0.3, 0.4) is 0 Å². The third-order valence-corrected chi connectivity index (χ3v) is 3.93. The molecule has 20 heavy (non-hydrogen) atoms. The lowest BCUT2D eigenvalue weighted by Gasteiger charge is -2.24. The van der Waals surface area contributed by atoms with Crippen LogP contribution in [0.15, 0.2) is 24.3 Å². The zero-order valence-corrected chi connectivity index (χ0v) is 11.5. The fourth-order valence-electron chi connectivity index (χ4n) is 2.42. The Morgan fingerprint density at radius 1 is 1.50 bits per heavy atom. The first-order chi connectivity index (χ1) is 9.52. The number of nitrogens with zero attached hydrogens (tertiary/aromatic N) is 1. The summed E-state index contributed by atoms with van der Waals surface area (Å²) in [6.07, 6.45) is 0.216. The normalized spacial score (nSPS) is 20.2. The minimum atomic E-state index is -1.13. The number of carboxylic acids is 1. The molecule has 108 valence electrons. The smallest absolute Gasteiger partial charge is 0.326 e. The number of likely N-dealkylation sites (tertiary alicyclic amines) is 1. The second kappa shape index (κ2) is 6.22. The Morgan fingerprint density at radius 3 is 2.75 bits per heavy atom. The molecule has 2 atom stereocenters. The van der Waals surface area contributed by atoms with Gasteiger partial charge in [0.05, 0.1) is 0 Å². The first-order valence-electron chi connectivity index (χ1n) is 6.34. The number of alkyl halides is 1. The van der Waals surface area contributed by atoms with Gasteiger partial charge in [-0.05, 0) is 17.5 Å². The topological polar surface area (TPSA) is 57.6 Å². The lowest BCUT2D eigenvalue weighted by Crippen LogP contribution is -2.44. The Bertz CT molecular complexity index is 523. The Morgan fingerprint density at radius 2 is 2.20 bits per heavy atom. The maximum absolute atomic E-state index is 13.6. The van der Waals surface area contributed by atoms with E-state index in [4.69, 9.17) is 11.6 Å². The fourth-order valence-corrected chi connectivity index (χ4v) is 2.62. The molecule has 1 amide bonds. The van der Waals surface area contributed by atoms with E-state index in [1.807, 2.05) is 0 Å². The fraction of sp³-hybridized carbons (Fsp3) is 0.429. The molecule has 1 fully saturated rings. The minimum Gasteiger partial charge on any atom is -0.480 e. The average molecular weight is 300 g/mol. The monoisotopic (exact) mass is 299 g/mol.